The minimum absolute atomic E-state index is 0.152. The van der Waals surface area contributed by atoms with Crippen LogP contribution in [0.25, 0.3) is 0 Å². The molecule has 24 heavy (non-hydrogen) atoms. The van der Waals surface area contributed by atoms with Crippen LogP contribution in [0.2, 0.25) is 0 Å². The normalized spacial score (nSPS) is 17.8. The summed E-state index contributed by atoms with van der Waals surface area (Å²) >= 11 is 0. The summed E-state index contributed by atoms with van der Waals surface area (Å²) in [6, 6.07) is 10.0. The SMILES string of the molecule is CCCN1CCC(=O)N([C@H](COc2ccccc2)CC(C)C)CC1. The summed E-state index contributed by atoms with van der Waals surface area (Å²) in [6.07, 6.45) is 2.74. The van der Waals surface area contributed by atoms with E-state index in [1.807, 2.05) is 30.3 Å². The van der Waals surface area contributed by atoms with Gasteiger partial charge in [-0.2, -0.15) is 0 Å². The second-order valence-corrected chi connectivity index (χ2v) is 7.09. The number of amides is 1. The summed E-state index contributed by atoms with van der Waals surface area (Å²) in [5.74, 6) is 1.69. The lowest BCUT2D eigenvalue weighted by Gasteiger charge is -2.32. The van der Waals surface area contributed by atoms with E-state index in [1.54, 1.807) is 0 Å². The molecule has 1 aliphatic heterocycles. The molecule has 0 saturated carbocycles. The van der Waals surface area contributed by atoms with Crippen LogP contribution in [-0.4, -0.2) is 54.5 Å². The zero-order valence-electron chi connectivity index (χ0n) is 15.4. The molecule has 1 atom stereocenters. The van der Waals surface area contributed by atoms with Crippen molar-refractivity contribution >= 4 is 5.91 Å². The first-order valence-corrected chi connectivity index (χ1v) is 9.29. The van der Waals surface area contributed by atoms with Crippen LogP contribution in [0.3, 0.4) is 0 Å². The molecule has 134 valence electrons. The van der Waals surface area contributed by atoms with Gasteiger partial charge in [0.05, 0.1) is 6.04 Å². The molecule has 0 radical (unpaired) electrons. The van der Waals surface area contributed by atoms with Gasteiger partial charge in [0.25, 0.3) is 0 Å². The van der Waals surface area contributed by atoms with Crippen molar-refractivity contribution in [2.45, 2.75) is 46.1 Å². The molecule has 1 aromatic carbocycles. The van der Waals surface area contributed by atoms with Crippen molar-refractivity contribution in [2.24, 2.45) is 5.92 Å². The van der Waals surface area contributed by atoms with Crippen LogP contribution in [0.1, 0.15) is 40.0 Å². The number of hydrogen-bond donors (Lipinski definition) is 0. The summed E-state index contributed by atoms with van der Waals surface area (Å²) in [7, 11) is 0. The molecule has 1 amide bonds. The van der Waals surface area contributed by atoms with Gasteiger partial charge in [0.1, 0.15) is 12.4 Å². The molecule has 1 aliphatic rings. The fraction of sp³-hybridized carbons (Fsp3) is 0.650. The van der Waals surface area contributed by atoms with Crippen molar-refractivity contribution in [1.29, 1.82) is 0 Å². The molecule has 0 bridgehead atoms. The van der Waals surface area contributed by atoms with Crippen molar-refractivity contribution in [1.82, 2.24) is 9.80 Å². The Morgan fingerprint density at radius 3 is 2.54 bits per heavy atom. The van der Waals surface area contributed by atoms with Crippen LogP contribution in [0.15, 0.2) is 30.3 Å². The van der Waals surface area contributed by atoms with Crippen LogP contribution in [0.4, 0.5) is 0 Å². The lowest BCUT2D eigenvalue weighted by Crippen LogP contribution is -2.45. The highest BCUT2D eigenvalue weighted by Gasteiger charge is 2.28. The molecule has 4 nitrogen and oxygen atoms in total. The largest absolute Gasteiger partial charge is 0.491 e. The highest BCUT2D eigenvalue weighted by molar-refractivity contribution is 5.77. The molecule has 1 aromatic rings. The maximum absolute atomic E-state index is 12.6. The molecular weight excluding hydrogens is 300 g/mol. The summed E-state index contributed by atoms with van der Waals surface area (Å²) in [4.78, 5) is 17.1. The van der Waals surface area contributed by atoms with Gasteiger partial charge in [-0.1, -0.05) is 39.0 Å². The first-order valence-electron chi connectivity index (χ1n) is 9.29. The van der Waals surface area contributed by atoms with Gasteiger partial charge < -0.3 is 14.5 Å². The van der Waals surface area contributed by atoms with E-state index in [0.717, 1.165) is 44.8 Å². The molecule has 1 heterocycles. The predicted molar refractivity (Wildman–Crippen MR) is 98.2 cm³/mol. The molecule has 1 saturated heterocycles. The predicted octanol–water partition coefficient (Wildman–Crippen LogP) is 3.42. The van der Waals surface area contributed by atoms with E-state index in [9.17, 15) is 4.79 Å². The molecular formula is C20H32N2O2. The molecule has 4 heteroatoms. The van der Waals surface area contributed by atoms with Gasteiger partial charge in [-0.05, 0) is 37.4 Å². The lowest BCUT2D eigenvalue weighted by molar-refractivity contribution is -0.133. The maximum atomic E-state index is 12.6. The zero-order valence-corrected chi connectivity index (χ0v) is 15.4. The minimum Gasteiger partial charge on any atom is -0.491 e. The van der Waals surface area contributed by atoms with Gasteiger partial charge >= 0.3 is 0 Å². The summed E-state index contributed by atoms with van der Waals surface area (Å²) in [5.41, 5.74) is 0. The maximum Gasteiger partial charge on any atom is 0.224 e. The number of benzene rings is 1. The average Bonchev–Trinajstić information content (AvgIpc) is 2.75. The third kappa shape index (κ3) is 5.82. The van der Waals surface area contributed by atoms with E-state index in [2.05, 4.69) is 30.6 Å². The molecule has 0 N–H and O–H groups in total. The first kappa shape index (κ1) is 18.8. The van der Waals surface area contributed by atoms with E-state index >= 15 is 0 Å². The Hall–Kier alpha value is -1.55. The van der Waals surface area contributed by atoms with Crippen molar-refractivity contribution < 1.29 is 9.53 Å². The molecule has 0 aromatic heterocycles. The van der Waals surface area contributed by atoms with E-state index in [0.29, 0.717) is 18.9 Å². The van der Waals surface area contributed by atoms with Gasteiger partial charge in [-0.3, -0.25) is 4.79 Å². The number of hydrogen-bond acceptors (Lipinski definition) is 3. The Labute approximate surface area is 146 Å². The van der Waals surface area contributed by atoms with Crippen LogP contribution < -0.4 is 4.74 Å². The van der Waals surface area contributed by atoms with E-state index in [-0.39, 0.29) is 11.9 Å². The highest BCUT2D eigenvalue weighted by atomic mass is 16.5. The Balaban J connectivity index is 2.01. The molecule has 0 aliphatic carbocycles. The van der Waals surface area contributed by atoms with Gasteiger partial charge in [0, 0.05) is 26.1 Å². The lowest BCUT2D eigenvalue weighted by atomic mass is 10.0. The quantitative estimate of drug-likeness (QED) is 0.731. The highest BCUT2D eigenvalue weighted by Crippen LogP contribution is 2.18. The van der Waals surface area contributed by atoms with E-state index < -0.39 is 0 Å². The number of carbonyl (C=O) groups is 1. The Bertz CT molecular complexity index is 490. The Kier molecular flexibility index (Phi) is 7.57. The van der Waals surface area contributed by atoms with Gasteiger partial charge in [0.2, 0.25) is 5.91 Å². The van der Waals surface area contributed by atoms with Crippen LogP contribution in [0.5, 0.6) is 5.75 Å². The standard InChI is InChI=1S/C20H32N2O2/c1-4-11-21-12-10-20(23)22(14-13-21)18(15-17(2)3)16-24-19-8-6-5-7-9-19/h5-9,17-18H,4,10-16H2,1-3H3/t18-/m0/s1. The fourth-order valence-electron chi connectivity index (χ4n) is 3.35. The Morgan fingerprint density at radius 1 is 1.12 bits per heavy atom. The summed E-state index contributed by atoms with van der Waals surface area (Å²) in [6.45, 7) is 10.9. The minimum atomic E-state index is 0.152. The van der Waals surface area contributed by atoms with Crippen molar-refractivity contribution in [3.8, 4) is 5.75 Å². The summed E-state index contributed by atoms with van der Waals surface area (Å²) < 4.78 is 5.98. The van der Waals surface area contributed by atoms with Gasteiger partial charge in [-0.25, -0.2) is 0 Å². The molecule has 0 unspecified atom stereocenters. The third-order valence-electron chi connectivity index (χ3n) is 4.53. The fourth-order valence-corrected chi connectivity index (χ4v) is 3.35. The monoisotopic (exact) mass is 332 g/mol. The topological polar surface area (TPSA) is 32.8 Å². The van der Waals surface area contributed by atoms with Crippen molar-refractivity contribution in [2.75, 3.05) is 32.8 Å². The molecule has 0 spiro atoms. The van der Waals surface area contributed by atoms with Crippen LogP contribution in [0, 0.1) is 5.92 Å². The third-order valence-corrected chi connectivity index (χ3v) is 4.53. The second-order valence-electron chi connectivity index (χ2n) is 7.09. The van der Waals surface area contributed by atoms with Crippen LogP contribution in [-0.2, 0) is 4.79 Å². The number of para-hydroxylation sites is 1. The Morgan fingerprint density at radius 2 is 1.88 bits per heavy atom. The van der Waals surface area contributed by atoms with E-state index in [1.165, 1.54) is 0 Å². The number of ether oxygens (including phenoxy) is 1. The summed E-state index contributed by atoms with van der Waals surface area (Å²) in [5, 5.41) is 0. The molecule has 2 rings (SSSR count). The van der Waals surface area contributed by atoms with E-state index in [4.69, 9.17) is 4.74 Å². The zero-order chi connectivity index (χ0) is 17.4. The van der Waals surface area contributed by atoms with Gasteiger partial charge in [-0.15, -0.1) is 0 Å². The first-order chi connectivity index (χ1) is 11.6. The average molecular weight is 332 g/mol. The molecule has 1 fully saturated rings. The van der Waals surface area contributed by atoms with Crippen molar-refractivity contribution in [3.05, 3.63) is 30.3 Å². The van der Waals surface area contributed by atoms with Crippen molar-refractivity contribution in [3.63, 3.8) is 0 Å². The van der Waals surface area contributed by atoms with Gasteiger partial charge in [0.15, 0.2) is 0 Å². The number of carbonyl (C=O) groups excluding carboxylic acids is 1. The van der Waals surface area contributed by atoms with Crippen LogP contribution >= 0.6 is 0 Å². The smallest absolute Gasteiger partial charge is 0.224 e. The number of nitrogens with zero attached hydrogens (tertiary/aromatic N) is 2. The number of rotatable bonds is 8. The second kappa shape index (κ2) is 9.67.